The fourth-order valence-corrected chi connectivity index (χ4v) is 1.92. The Morgan fingerprint density at radius 1 is 1.33 bits per heavy atom. The van der Waals surface area contributed by atoms with Gasteiger partial charge in [0.2, 0.25) is 0 Å². The van der Waals surface area contributed by atoms with E-state index in [4.69, 9.17) is 11.6 Å². The summed E-state index contributed by atoms with van der Waals surface area (Å²) in [6, 6.07) is 5.55. The molecule has 1 nitrogen and oxygen atoms in total. The predicted octanol–water partition coefficient (Wildman–Crippen LogP) is 3.29. The van der Waals surface area contributed by atoms with Gasteiger partial charge in [-0.2, -0.15) is 0 Å². The number of hydrogen-bond donors (Lipinski definition) is 1. The van der Waals surface area contributed by atoms with E-state index in [1.54, 1.807) is 18.2 Å². The topological polar surface area (TPSA) is 12.0 Å². The van der Waals surface area contributed by atoms with Crippen LogP contribution in [0.2, 0.25) is 5.02 Å². The molecular weight excluding hydrogens is 213 g/mol. The molecule has 15 heavy (non-hydrogen) atoms. The van der Waals surface area contributed by atoms with E-state index >= 15 is 0 Å². The van der Waals surface area contributed by atoms with Gasteiger partial charge >= 0.3 is 0 Å². The highest BCUT2D eigenvalue weighted by atomic mass is 35.5. The first-order chi connectivity index (χ1) is 7.27. The van der Waals surface area contributed by atoms with Gasteiger partial charge in [-0.1, -0.05) is 35.9 Å². The third-order valence-electron chi connectivity index (χ3n) is 2.62. The second kappa shape index (κ2) is 4.77. The van der Waals surface area contributed by atoms with E-state index in [9.17, 15) is 4.39 Å². The molecule has 1 N–H and O–H groups in total. The van der Waals surface area contributed by atoms with Gasteiger partial charge in [-0.05, 0) is 18.9 Å². The molecule has 1 aromatic carbocycles. The van der Waals surface area contributed by atoms with Crippen molar-refractivity contribution in [1.29, 1.82) is 0 Å². The fraction of sp³-hybridized carbons (Fsp3) is 0.333. The molecule has 0 aromatic heterocycles. The number of rotatable bonds is 3. The van der Waals surface area contributed by atoms with E-state index in [1.165, 1.54) is 0 Å². The Kier molecular flexibility index (Phi) is 3.39. The van der Waals surface area contributed by atoms with Crippen molar-refractivity contribution >= 4 is 11.6 Å². The van der Waals surface area contributed by atoms with Crippen LogP contribution in [0.1, 0.15) is 18.4 Å². The van der Waals surface area contributed by atoms with Crippen LogP contribution in [0, 0.1) is 5.82 Å². The van der Waals surface area contributed by atoms with Gasteiger partial charge < -0.3 is 5.32 Å². The maximum absolute atomic E-state index is 13.5. The summed E-state index contributed by atoms with van der Waals surface area (Å²) in [6.45, 7) is 0.540. The Labute approximate surface area is 93.9 Å². The number of hydrogen-bond acceptors (Lipinski definition) is 1. The molecule has 0 aliphatic heterocycles. The highest BCUT2D eigenvalue weighted by Crippen LogP contribution is 2.18. The molecule has 0 atom stereocenters. The Morgan fingerprint density at radius 2 is 2.07 bits per heavy atom. The van der Waals surface area contributed by atoms with Crippen molar-refractivity contribution in [3.05, 3.63) is 46.8 Å². The minimum atomic E-state index is -0.308. The molecule has 0 fully saturated rings. The Balaban J connectivity index is 1.95. The molecule has 80 valence electrons. The Hall–Kier alpha value is -0.860. The number of halogens is 2. The molecule has 0 spiro atoms. The van der Waals surface area contributed by atoms with E-state index in [0.717, 1.165) is 12.8 Å². The number of benzene rings is 1. The van der Waals surface area contributed by atoms with Crippen molar-refractivity contribution in [2.75, 3.05) is 0 Å². The zero-order valence-electron chi connectivity index (χ0n) is 8.34. The molecule has 0 heterocycles. The van der Waals surface area contributed by atoms with Gasteiger partial charge in [0.15, 0.2) is 0 Å². The van der Waals surface area contributed by atoms with Crippen molar-refractivity contribution in [2.45, 2.75) is 25.4 Å². The molecule has 0 unspecified atom stereocenters. The van der Waals surface area contributed by atoms with E-state index in [1.807, 2.05) is 0 Å². The zero-order chi connectivity index (χ0) is 10.7. The minimum absolute atomic E-state index is 0.193. The molecule has 0 amide bonds. The van der Waals surface area contributed by atoms with Crippen molar-refractivity contribution in [2.24, 2.45) is 0 Å². The van der Waals surface area contributed by atoms with Gasteiger partial charge in [-0.25, -0.2) is 4.39 Å². The third kappa shape index (κ3) is 2.58. The second-order valence-electron chi connectivity index (χ2n) is 3.73. The summed E-state index contributed by atoms with van der Waals surface area (Å²) in [7, 11) is 0. The van der Waals surface area contributed by atoms with Crippen LogP contribution in [0.5, 0.6) is 0 Å². The molecule has 2 rings (SSSR count). The van der Waals surface area contributed by atoms with Crippen LogP contribution >= 0.6 is 11.6 Å². The lowest BCUT2D eigenvalue weighted by Gasteiger charge is -2.12. The lowest BCUT2D eigenvalue weighted by molar-refractivity contribution is 0.520. The fourth-order valence-electron chi connectivity index (χ4n) is 1.72. The van der Waals surface area contributed by atoms with Crippen LogP contribution < -0.4 is 5.32 Å². The van der Waals surface area contributed by atoms with Crippen LogP contribution in [0.4, 0.5) is 4.39 Å². The quantitative estimate of drug-likeness (QED) is 0.779. The normalized spacial score (nSPS) is 16.1. The SMILES string of the molecule is Fc1c(Cl)cccc1CNC1CC=CC1. The van der Waals surface area contributed by atoms with E-state index in [-0.39, 0.29) is 10.8 Å². The van der Waals surface area contributed by atoms with Crippen molar-refractivity contribution < 1.29 is 4.39 Å². The molecule has 3 heteroatoms. The summed E-state index contributed by atoms with van der Waals surface area (Å²) < 4.78 is 13.5. The average molecular weight is 226 g/mol. The number of nitrogens with one attached hydrogen (secondary N) is 1. The molecule has 0 bridgehead atoms. The lowest BCUT2D eigenvalue weighted by atomic mass is 10.2. The minimum Gasteiger partial charge on any atom is -0.309 e. The lowest BCUT2D eigenvalue weighted by Crippen LogP contribution is -2.26. The average Bonchev–Trinajstić information content (AvgIpc) is 2.73. The van der Waals surface area contributed by atoms with Gasteiger partial charge in [0.1, 0.15) is 5.82 Å². The van der Waals surface area contributed by atoms with Gasteiger partial charge in [-0.3, -0.25) is 0 Å². The highest BCUT2D eigenvalue weighted by Gasteiger charge is 2.11. The first-order valence-corrected chi connectivity index (χ1v) is 5.46. The van der Waals surface area contributed by atoms with Gasteiger partial charge in [-0.15, -0.1) is 0 Å². The standard InChI is InChI=1S/C12H13ClFN/c13-11-7-3-4-9(12(11)14)8-15-10-5-1-2-6-10/h1-4,7,10,15H,5-6,8H2. The molecule has 0 saturated carbocycles. The summed E-state index contributed by atoms with van der Waals surface area (Å²) in [6.07, 6.45) is 6.35. The molecule has 1 aliphatic rings. The van der Waals surface area contributed by atoms with Crippen LogP contribution in [0.25, 0.3) is 0 Å². The van der Waals surface area contributed by atoms with Crippen LogP contribution in [-0.4, -0.2) is 6.04 Å². The second-order valence-corrected chi connectivity index (χ2v) is 4.14. The summed E-state index contributed by atoms with van der Waals surface area (Å²) in [5.74, 6) is -0.308. The van der Waals surface area contributed by atoms with E-state index in [0.29, 0.717) is 18.2 Å². The van der Waals surface area contributed by atoms with Crippen LogP contribution in [0.3, 0.4) is 0 Å². The molecule has 0 saturated heterocycles. The summed E-state index contributed by atoms with van der Waals surface area (Å²) in [5, 5.41) is 3.50. The Morgan fingerprint density at radius 3 is 2.80 bits per heavy atom. The molecule has 1 aromatic rings. The summed E-state index contributed by atoms with van der Waals surface area (Å²) in [4.78, 5) is 0. The highest BCUT2D eigenvalue weighted by molar-refractivity contribution is 6.30. The smallest absolute Gasteiger partial charge is 0.146 e. The molecule has 1 aliphatic carbocycles. The van der Waals surface area contributed by atoms with Gasteiger partial charge in [0, 0.05) is 18.2 Å². The monoisotopic (exact) mass is 225 g/mol. The summed E-state index contributed by atoms with van der Waals surface area (Å²) >= 11 is 5.69. The molecular formula is C12H13ClFN. The Bertz CT molecular complexity index is 368. The van der Waals surface area contributed by atoms with E-state index in [2.05, 4.69) is 17.5 Å². The van der Waals surface area contributed by atoms with E-state index < -0.39 is 0 Å². The first-order valence-electron chi connectivity index (χ1n) is 5.08. The summed E-state index contributed by atoms with van der Waals surface area (Å²) in [5.41, 5.74) is 0.634. The maximum atomic E-state index is 13.5. The molecule has 0 radical (unpaired) electrons. The predicted molar refractivity (Wildman–Crippen MR) is 60.4 cm³/mol. The first kappa shape index (κ1) is 10.7. The van der Waals surface area contributed by atoms with Gasteiger partial charge in [0.25, 0.3) is 0 Å². The van der Waals surface area contributed by atoms with Gasteiger partial charge in [0.05, 0.1) is 5.02 Å². The van der Waals surface area contributed by atoms with Crippen molar-refractivity contribution in [3.63, 3.8) is 0 Å². The van der Waals surface area contributed by atoms with Crippen molar-refractivity contribution in [3.8, 4) is 0 Å². The largest absolute Gasteiger partial charge is 0.309 e. The maximum Gasteiger partial charge on any atom is 0.146 e. The van der Waals surface area contributed by atoms with Crippen LogP contribution in [-0.2, 0) is 6.54 Å². The third-order valence-corrected chi connectivity index (χ3v) is 2.91. The zero-order valence-corrected chi connectivity index (χ0v) is 9.10. The van der Waals surface area contributed by atoms with Crippen LogP contribution in [0.15, 0.2) is 30.4 Å². The van der Waals surface area contributed by atoms with Crippen molar-refractivity contribution in [1.82, 2.24) is 5.32 Å².